The summed E-state index contributed by atoms with van der Waals surface area (Å²) in [4.78, 5) is 0. The molecule has 0 aromatic carbocycles. The number of aliphatic hydroxyl groups excluding tert-OH is 3. The fraction of sp³-hybridized carbons (Fsp3) is 0.778. The number of hydrogen-bond acceptors (Lipinski definition) is 3. The van der Waals surface area contributed by atoms with E-state index in [2.05, 4.69) is 6.58 Å². The highest BCUT2D eigenvalue weighted by Crippen LogP contribution is 2.23. The van der Waals surface area contributed by atoms with Gasteiger partial charge in [-0.2, -0.15) is 0 Å². The average Bonchev–Trinajstić information content (AvgIpc) is 2.12. The zero-order chi connectivity index (χ0) is 9.61. The van der Waals surface area contributed by atoms with E-state index < -0.39 is 11.5 Å². The molecule has 0 heterocycles. The van der Waals surface area contributed by atoms with Crippen molar-refractivity contribution in [1.29, 1.82) is 0 Å². The maximum Gasteiger partial charge on any atom is 0.0640 e. The Morgan fingerprint density at radius 3 is 2.25 bits per heavy atom. The zero-order valence-electron chi connectivity index (χ0n) is 7.53. The Kier molecular flexibility index (Phi) is 5.13. The van der Waals surface area contributed by atoms with E-state index in [1.54, 1.807) is 13.0 Å². The molecule has 0 spiro atoms. The maximum absolute atomic E-state index is 9.53. The lowest BCUT2D eigenvalue weighted by atomic mass is 9.84. The number of aliphatic hydroxyl groups is 3. The smallest absolute Gasteiger partial charge is 0.0640 e. The predicted molar refractivity (Wildman–Crippen MR) is 47.7 cm³/mol. The first-order valence-electron chi connectivity index (χ1n) is 4.11. The first-order valence-corrected chi connectivity index (χ1v) is 4.11. The summed E-state index contributed by atoms with van der Waals surface area (Å²) in [5, 5.41) is 27.3. The summed E-state index contributed by atoms with van der Waals surface area (Å²) >= 11 is 0. The van der Waals surface area contributed by atoms with Crippen LogP contribution in [0.3, 0.4) is 0 Å². The van der Waals surface area contributed by atoms with Gasteiger partial charge in [-0.05, 0) is 12.8 Å². The van der Waals surface area contributed by atoms with Crippen molar-refractivity contribution >= 4 is 0 Å². The van der Waals surface area contributed by atoms with Crippen molar-refractivity contribution in [3.05, 3.63) is 12.7 Å². The van der Waals surface area contributed by atoms with Crippen LogP contribution in [0.1, 0.15) is 19.8 Å². The van der Waals surface area contributed by atoms with E-state index in [1.807, 2.05) is 0 Å². The third-order valence-electron chi connectivity index (χ3n) is 2.17. The van der Waals surface area contributed by atoms with Crippen molar-refractivity contribution in [3.8, 4) is 0 Å². The molecule has 0 aliphatic rings. The molecule has 3 N–H and O–H groups in total. The molecule has 0 aromatic rings. The number of allylic oxidation sites excluding steroid dienone is 1. The van der Waals surface area contributed by atoms with Crippen LogP contribution >= 0.6 is 0 Å². The van der Waals surface area contributed by atoms with Crippen LogP contribution < -0.4 is 0 Å². The van der Waals surface area contributed by atoms with Gasteiger partial charge >= 0.3 is 0 Å². The van der Waals surface area contributed by atoms with E-state index in [-0.39, 0.29) is 13.2 Å². The first-order chi connectivity index (χ1) is 5.60. The van der Waals surface area contributed by atoms with Crippen LogP contribution in [0.4, 0.5) is 0 Å². The van der Waals surface area contributed by atoms with Crippen molar-refractivity contribution in [2.45, 2.75) is 25.9 Å². The zero-order valence-corrected chi connectivity index (χ0v) is 7.53. The van der Waals surface area contributed by atoms with Crippen molar-refractivity contribution in [3.63, 3.8) is 0 Å². The Hall–Kier alpha value is -0.380. The molecule has 0 amide bonds. The van der Waals surface area contributed by atoms with Crippen LogP contribution in [-0.4, -0.2) is 34.6 Å². The molecule has 0 rings (SSSR count). The van der Waals surface area contributed by atoms with Gasteiger partial charge in [-0.3, -0.25) is 0 Å². The molecule has 0 aliphatic carbocycles. The van der Waals surface area contributed by atoms with Crippen LogP contribution in [-0.2, 0) is 0 Å². The van der Waals surface area contributed by atoms with E-state index in [4.69, 9.17) is 10.2 Å². The lowest BCUT2D eigenvalue weighted by molar-refractivity contribution is -0.0435. The topological polar surface area (TPSA) is 60.7 Å². The molecule has 0 bridgehead atoms. The Bertz CT molecular complexity index is 130. The van der Waals surface area contributed by atoms with Gasteiger partial charge in [0.25, 0.3) is 0 Å². The second-order valence-corrected chi connectivity index (χ2v) is 3.35. The summed E-state index contributed by atoms with van der Waals surface area (Å²) in [6.45, 7) is 4.77. The largest absolute Gasteiger partial charge is 0.396 e. The van der Waals surface area contributed by atoms with Crippen molar-refractivity contribution in [1.82, 2.24) is 0 Å². The van der Waals surface area contributed by atoms with Gasteiger partial charge in [0, 0.05) is 5.41 Å². The normalized spacial score (nSPS) is 14.3. The summed E-state index contributed by atoms with van der Waals surface area (Å²) in [6, 6.07) is 0. The Balaban J connectivity index is 4.01. The van der Waals surface area contributed by atoms with Crippen LogP contribution in [0.5, 0.6) is 0 Å². The second-order valence-electron chi connectivity index (χ2n) is 3.35. The summed E-state index contributed by atoms with van der Waals surface area (Å²) < 4.78 is 0. The van der Waals surface area contributed by atoms with Crippen molar-refractivity contribution in [2.24, 2.45) is 5.41 Å². The lowest BCUT2D eigenvalue weighted by Gasteiger charge is -2.30. The van der Waals surface area contributed by atoms with Gasteiger partial charge in [-0.1, -0.05) is 13.0 Å². The van der Waals surface area contributed by atoms with E-state index in [9.17, 15) is 5.11 Å². The van der Waals surface area contributed by atoms with Gasteiger partial charge in [0.2, 0.25) is 0 Å². The molecular weight excluding hydrogens is 156 g/mol. The molecule has 0 aliphatic heterocycles. The molecular formula is C9H18O3. The lowest BCUT2D eigenvalue weighted by Crippen LogP contribution is -2.39. The van der Waals surface area contributed by atoms with Gasteiger partial charge in [0.05, 0.1) is 19.3 Å². The molecule has 3 nitrogen and oxygen atoms in total. The first kappa shape index (κ1) is 11.6. The fourth-order valence-electron chi connectivity index (χ4n) is 0.885. The molecule has 0 aromatic heterocycles. The Morgan fingerprint density at radius 2 is 1.92 bits per heavy atom. The monoisotopic (exact) mass is 174 g/mol. The highest BCUT2D eigenvalue weighted by molar-refractivity contribution is 4.83. The highest BCUT2D eigenvalue weighted by Gasteiger charge is 2.30. The minimum atomic E-state index is -0.789. The Labute approximate surface area is 73.4 Å². The number of rotatable bonds is 6. The summed E-state index contributed by atoms with van der Waals surface area (Å²) in [7, 11) is 0. The fourth-order valence-corrected chi connectivity index (χ4v) is 0.885. The summed E-state index contributed by atoms with van der Waals surface area (Å²) in [5.74, 6) is 0. The van der Waals surface area contributed by atoms with E-state index >= 15 is 0 Å². The van der Waals surface area contributed by atoms with Gasteiger partial charge in [0.1, 0.15) is 0 Å². The van der Waals surface area contributed by atoms with Gasteiger partial charge in [-0.25, -0.2) is 0 Å². The van der Waals surface area contributed by atoms with Crippen molar-refractivity contribution in [2.75, 3.05) is 13.2 Å². The molecule has 0 radical (unpaired) electrons. The maximum atomic E-state index is 9.53. The van der Waals surface area contributed by atoms with Gasteiger partial charge < -0.3 is 15.3 Å². The molecule has 12 heavy (non-hydrogen) atoms. The standard InChI is InChI=1S/C9H18O3/c1-3-4-5-8(12)9(2,6-10)7-11/h3,8,10-12H,1,4-7H2,2H3. The molecule has 1 atom stereocenters. The van der Waals surface area contributed by atoms with E-state index in [0.717, 1.165) is 0 Å². The quantitative estimate of drug-likeness (QED) is 0.508. The highest BCUT2D eigenvalue weighted by atomic mass is 16.3. The van der Waals surface area contributed by atoms with Crippen LogP contribution in [0.25, 0.3) is 0 Å². The molecule has 0 fully saturated rings. The third kappa shape index (κ3) is 2.93. The average molecular weight is 174 g/mol. The second kappa shape index (κ2) is 5.30. The van der Waals surface area contributed by atoms with Crippen LogP contribution in [0.15, 0.2) is 12.7 Å². The minimum Gasteiger partial charge on any atom is -0.396 e. The van der Waals surface area contributed by atoms with Crippen molar-refractivity contribution < 1.29 is 15.3 Å². The third-order valence-corrected chi connectivity index (χ3v) is 2.17. The van der Waals surface area contributed by atoms with Gasteiger partial charge in [-0.15, -0.1) is 6.58 Å². The molecule has 0 saturated heterocycles. The summed E-state index contributed by atoms with van der Waals surface area (Å²) in [6.07, 6.45) is 2.25. The SMILES string of the molecule is C=CCCC(O)C(C)(CO)CO. The number of hydrogen-bond donors (Lipinski definition) is 3. The predicted octanol–water partition coefficient (Wildman–Crippen LogP) is 0.304. The molecule has 72 valence electrons. The summed E-state index contributed by atoms with van der Waals surface area (Å²) in [5.41, 5.74) is -0.789. The molecule has 1 unspecified atom stereocenters. The van der Waals surface area contributed by atoms with E-state index in [1.165, 1.54) is 0 Å². The van der Waals surface area contributed by atoms with Crippen LogP contribution in [0, 0.1) is 5.41 Å². The minimum absolute atomic E-state index is 0.207. The van der Waals surface area contributed by atoms with Crippen LogP contribution in [0.2, 0.25) is 0 Å². The molecule has 3 heteroatoms. The van der Waals surface area contributed by atoms with E-state index in [0.29, 0.717) is 12.8 Å². The Morgan fingerprint density at radius 1 is 1.42 bits per heavy atom. The molecule has 0 saturated carbocycles. The van der Waals surface area contributed by atoms with Gasteiger partial charge in [0.15, 0.2) is 0 Å².